The maximum Gasteiger partial charge on any atom is 0.138 e. The van der Waals surface area contributed by atoms with Crippen molar-refractivity contribution in [2.45, 2.75) is 26.4 Å². The highest BCUT2D eigenvalue weighted by atomic mass is 16.3. The molecular weight excluding hydrogens is 230 g/mol. The third-order valence-electron chi connectivity index (χ3n) is 2.59. The van der Waals surface area contributed by atoms with E-state index >= 15 is 0 Å². The number of hydrogen-bond donors (Lipinski definition) is 2. The molecule has 0 fully saturated rings. The van der Waals surface area contributed by atoms with Gasteiger partial charge in [-0.1, -0.05) is 5.21 Å². The minimum atomic E-state index is 0.240. The smallest absolute Gasteiger partial charge is 0.138 e. The van der Waals surface area contributed by atoms with Crippen LogP contribution >= 0.6 is 0 Å². The van der Waals surface area contributed by atoms with E-state index in [4.69, 9.17) is 0 Å². The van der Waals surface area contributed by atoms with Crippen LogP contribution in [0.25, 0.3) is 0 Å². The zero-order valence-electron chi connectivity index (χ0n) is 10.4. The number of nitrogens with zero attached hydrogens (tertiary/aromatic N) is 4. The van der Waals surface area contributed by atoms with Gasteiger partial charge in [0.15, 0.2) is 0 Å². The van der Waals surface area contributed by atoms with Crippen LogP contribution in [-0.4, -0.2) is 31.6 Å². The topological polar surface area (TPSA) is 75.9 Å². The van der Waals surface area contributed by atoms with E-state index in [1.54, 1.807) is 23.0 Å². The van der Waals surface area contributed by atoms with E-state index in [0.29, 0.717) is 12.2 Å². The molecule has 0 unspecified atom stereocenters. The van der Waals surface area contributed by atoms with Gasteiger partial charge in [0.1, 0.15) is 5.75 Å². The molecule has 0 aliphatic carbocycles. The molecule has 0 aliphatic heterocycles. The van der Waals surface area contributed by atoms with Crippen LogP contribution in [0, 0.1) is 6.92 Å². The van der Waals surface area contributed by atoms with Crippen molar-refractivity contribution in [3.8, 4) is 5.75 Å². The Hall–Kier alpha value is -1.95. The molecule has 6 nitrogen and oxygen atoms in total. The molecule has 2 N–H and O–H groups in total. The Morgan fingerprint density at radius 3 is 3.06 bits per heavy atom. The second-order valence-corrected chi connectivity index (χ2v) is 4.11. The van der Waals surface area contributed by atoms with Crippen LogP contribution in [-0.2, 0) is 13.1 Å². The molecule has 96 valence electrons. The first-order chi connectivity index (χ1) is 8.75. The van der Waals surface area contributed by atoms with Gasteiger partial charge in [-0.15, -0.1) is 5.10 Å². The first-order valence-corrected chi connectivity index (χ1v) is 5.96. The fraction of sp³-hybridized carbons (Fsp3) is 0.417. The second kappa shape index (κ2) is 6.11. The van der Waals surface area contributed by atoms with E-state index < -0.39 is 0 Å². The predicted octanol–water partition coefficient (Wildman–Crippen LogP) is 0.867. The fourth-order valence-corrected chi connectivity index (χ4v) is 1.66. The molecule has 18 heavy (non-hydrogen) atoms. The number of rotatable bonds is 6. The predicted molar refractivity (Wildman–Crippen MR) is 67.0 cm³/mol. The van der Waals surface area contributed by atoms with Crippen LogP contribution in [0.2, 0.25) is 0 Å². The Kier molecular flexibility index (Phi) is 4.25. The molecule has 0 amide bonds. The third-order valence-corrected chi connectivity index (χ3v) is 2.59. The van der Waals surface area contributed by atoms with Crippen LogP contribution in [0.4, 0.5) is 0 Å². The Bertz CT molecular complexity index is 483. The quantitative estimate of drug-likeness (QED) is 0.741. The fourth-order valence-electron chi connectivity index (χ4n) is 1.66. The molecule has 0 spiro atoms. The molecule has 0 aliphatic rings. The molecule has 0 bridgehead atoms. The summed E-state index contributed by atoms with van der Waals surface area (Å²) in [5.41, 5.74) is 1.60. The minimum Gasteiger partial charge on any atom is -0.506 e. The van der Waals surface area contributed by atoms with Crippen LogP contribution in [0.5, 0.6) is 5.75 Å². The van der Waals surface area contributed by atoms with E-state index in [1.165, 1.54) is 0 Å². The van der Waals surface area contributed by atoms with E-state index in [-0.39, 0.29) is 5.75 Å². The Morgan fingerprint density at radius 2 is 2.28 bits per heavy atom. The highest BCUT2D eigenvalue weighted by molar-refractivity contribution is 5.27. The molecule has 0 saturated heterocycles. The van der Waals surface area contributed by atoms with Gasteiger partial charge in [-0.3, -0.25) is 9.67 Å². The molecular formula is C12H17N5O. The number of pyridine rings is 1. The molecule has 0 radical (unpaired) electrons. The van der Waals surface area contributed by atoms with Crippen LogP contribution in [0.1, 0.15) is 17.8 Å². The Morgan fingerprint density at radius 1 is 1.39 bits per heavy atom. The largest absolute Gasteiger partial charge is 0.506 e. The van der Waals surface area contributed by atoms with E-state index in [0.717, 1.165) is 25.2 Å². The summed E-state index contributed by atoms with van der Waals surface area (Å²) in [4.78, 5) is 4.28. The van der Waals surface area contributed by atoms with Crippen molar-refractivity contribution in [1.29, 1.82) is 0 Å². The highest BCUT2D eigenvalue weighted by Crippen LogP contribution is 2.13. The number of aryl methyl sites for hydroxylation is 2. The van der Waals surface area contributed by atoms with Crippen molar-refractivity contribution >= 4 is 0 Å². The van der Waals surface area contributed by atoms with Gasteiger partial charge in [-0.05, 0) is 32.0 Å². The van der Waals surface area contributed by atoms with Gasteiger partial charge in [-0.2, -0.15) is 0 Å². The molecule has 0 atom stereocenters. The summed E-state index contributed by atoms with van der Waals surface area (Å²) in [5.74, 6) is 0.240. The summed E-state index contributed by atoms with van der Waals surface area (Å²) in [6.07, 6.45) is 4.46. The lowest BCUT2D eigenvalue weighted by atomic mass is 10.3. The maximum absolute atomic E-state index is 9.62. The van der Waals surface area contributed by atoms with Crippen LogP contribution < -0.4 is 5.32 Å². The maximum atomic E-state index is 9.62. The van der Waals surface area contributed by atoms with E-state index in [1.807, 2.05) is 13.1 Å². The van der Waals surface area contributed by atoms with Gasteiger partial charge < -0.3 is 10.4 Å². The number of aromatic hydroxyl groups is 1. The third kappa shape index (κ3) is 3.53. The van der Waals surface area contributed by atoms with E-state index in [9.17, 15) is 5.11 Å². The molecule has 2 rings (SSSR count). The first-order valence-electron chi connectivity index (χ1n) is 5.96. The van der Waals surface area contributed by atoms with Crippen molar-refractivity contribution in [1.82, 2.24) is 25.3 Å². The summed E-state index contributed by atoms with van der Waals surface area (Å²) >= 11 is 0. The standard InChI is InChI=1S/C12H17N5O/c1-10-3-4-12(18)11(15-10)9-13-5-2-7-17-8-6-14-16-17/h3-4,6,8,13,18H,2,5,7,9H2,1H3. The minimum absolute atomic E-state index is 0.240. The van der Waals surface area contributed by atoms with Gasteiger partial charge >= 0.3 is 0 Å². The van der Waals surface area contributed by atoms with Crippen molar-refractivity contribution < 1.29 is 5.11 Å². The lowest BCUT2D eigenvalue weighted by molar-refractivity contribution is 0.456. The SMILES string of the molecule is Cc1ccc(O)c(CNCCCn2ccnn2)n1. The summed E-state index contributed by atoms with van der Waals surface area (Å²) in [5, 5.41) is 20.5. The molecule has 2 heterocycles. The van der Waals surface area contributed by atoms with Crippen molar-refractivity contribution in [3.63, 3.8) is 0 Å². The second-order valence-electron chi connectivity index (χ2n) is 4.11. The summed E-state index contributed by atoms with van der Waals surface area (Å²) in [7, 11) is 0. The summed E-state index contributed by atoms with van der Waals surface area (Å²) in [6.45, 7) is 4.16. The molecule has 2 aromatic rings. The van der Waals surface area contributed by atoms with Crippen LogP contribution in [0.3, 0.4) is 0 Å². The average molecular weight is 247 g/mol. The van der Waals surface area contributed by atoms with E-state index in [2.05, 4.69) is 20.6 Å². The lowest BCUT2D eigenvalue weighted by Gasteiger charge is -2.06. The lowest BCUT2D eigenvalue weighted by Crippen LogP contribution is -2.17. The van der Waals surface area contributed by atoms with Gasteiger partial charge in [0.05, 0.1) is 11.9 Å². The van der Waals surface area contributed by atoms with Gasteiger partial charge in [-0.25, -0.2) is 0 Å². The number of aromatic nitrogens is 4. The molecule has 0 aromatic carbocycles. The Labute approximate surface area is 106 Å². The zero-order valence-corrected chi connectivity index (χ0v) is 10.4. The normalized spacial score (nSPS) is 10.7. The van der Waals surface area contributed by atoms with Crippen molar-refractivity contribution in [2.24, 2.45) is 0 Å². The van der Waals surface area contributed by atoms with Gasteiger partial charge in [0.2, 0.25) is 0 Å². The highest BCUT2D eigenvalue weighted by Gasteiger charge is 2.02. The van der Waals surface area contributed by atoms with Gasteiger partial charge in [0.25, 0.3) is 0 Å². The average Bonchev–Trinajstić information content (AvgIpc) is 2.86. The van der Waals surface area contributed by atoms with Crippen LogP contribution in [0.15, 0.2) is 24.5 Å². The first kappa shape index (κ1) is 12.5. The molecule has 6 heteroatoms. The number of hydrogen-bond acceptors (Lipinski definition) is 5. The monoisotopic (exact) mass is 247 g/mol. The molecule has 2 aromatic heterocycles. The summed E-state index contributed by atoms with van der Waals surface area (Å²) in [6, 6.07) is 3.47. The molecule has 0 saturated carbocycles. The van der Waals surface area contributed by atoms with Gasteiger partial charge in [0, 0.05) is 25.0 Å². The zero-order chi connectivity index (χ0) is 12.8. The number of nitrogens with one attached hydrogen (secondary N) is 1. The van der Waals surface area contributed by atoms with Crippen molar-refractivity contribution in [3.05, 3.63) is 35.9 Å². The van der Waals surface area contributed by atoms with Crippen molar-refractivity contribution in [2.75, 3.05) is 6.54 Å². The summed E-state index contributed by atoms with van der Waals surface area (Å²) < 4.78 is 1.80. The Balaban J connectivity index is 1.70.